The molecule has 0 spiro atoms. The molecular weight excluding hydrogens is 208 g/mol. The van der Waals surface area contributed by atoms with E-state index in [-0.39, 0.29) is 5.78 Å². The fourth-order valence-corrected chi connectivity index (χ4v) is 2.46. The Labute approximate surface area is 92.4 Å². The molecule has 0 fully saturated rings. The van der Waals surface area contributed by atoms with Gasteiger partial charge in [-0.3, -0.25) is 9.48 Å². The van der Waals surface area contributed by atoms with E-state index in [4.69, 9.17) is 0 Å². The summed E-state index contributed by atoms with van der Waals surface area (Å²) < 4.78 is 1.83. The molecule has 0 aliphatic rings. The van der Waals surface area contributed by atoms with Gasteiger partial charge in [0.1, 0.15) is 5.78 Å². The lowest BCUT2D eigenvalue weighted by Gasteiger charge is -1.96. The highest BCUT2D eigenvalue weighted by Crippen LogP contribution is 2.25. The van der Waals surface area contributed by atoms with Crippen molar-refractivity contribution < 1.29 is 4.79 Å². The van der Waals surface area contributed by atoms with Gasteiger partial charge in [-0.1, -0.05) is 0 Å². The van der Waals surface area contributed by atoms with Gasteiger partial charge in [0.2, 0.25) is 0 Å². The predicted molar refractivity (Wildman–Crippen MR) is 60.9 cm³/mol. The average molecular weight is 220 g/mol. The van der Waals surface area contributed by atoms with Gasteiger partial charge in [-0.05, 0) is 19.1 Å². The Balaban J connectivity index is 2.28. The van der Waals surface area contributed by atoms with Crippen molar-refractivity contribution in [2.24, 2.45) is 7.05 Å². The molecule has 0 saturated carbocycles. The molecule has 3 nitrogen and oxygen atoms in total. The van der Waals surface area contributed by atoms with Crippen LogP contribution in [0.1, 0.15) is 11.8 Å². The van der Waals surface area contributed by atoms with Crippen molar-refractivity contribution >= 4 is 17.1 Å². The van der Waals surface area contributed by atoms with Gasteiger partial charge in [0.05, 0.1) is 5.69 Å². The Morgan fingerprint density at radius 1 is 1.60 bits per heavy atom. The second-order valence-corrected chi connectivity index (χ2v) is 4.52. The summed E-state index contributed by atoms with van der Waals surface area (Å²) in [5, 5.41) is 6.18. The van der Waals surface area contributed by atoms with Crippen molar-refractivity contribution in [3.63, 3.8) is 0 Å². The normalized spacial score (nSPS) is 10.5. The molecule has 0 aliphatic carbocycles. The van der Waals surface area contributed by atoms with Crippen molar-refractivity contribution in [2.75, 3.05) is 0 Å². The molecular formula is C11H12N2OS. The maximum Gasteiger partial charge on any atom is 0.135 e. The number of aryl methyl sites for hydroxylation is 1. The third kappa shape index (κ3) is 2.15. The van der Waals surface area contributed by atoms with Crippen LogP contribution in [0.4, 0.5) is 0 Å². The Hall–Kier alpha value is -1.42. The first-order valence-electron chi connectivity index (χ1n) is 4.72. The summed E-state index contributed by atoms with van der Waals surface area (Å²) in [4.78, 5) is 12.1. The van der Waals surface area contributed by atoms with E-state index in [9.17, 15) is 4.79 Å². The number of rotatable bonds is 3. The molecule has 2 heterocycles. The SMILES string of the molecule is CC(=O)Cc1cc(-c2ccnn2C)cs1. The minimum absolute atomic E-state index is 0.202. The maximum absolute atomic E-state index is 11.0. The molecule has 0 amide bonds. The molecule has 0 aliphatic heterocycles. The molecule has 0 atom stereocenters. The highest BCUT2D eigenvalue weighted by Gasteiger charge is 2.06. The predicted octanol–water partition coefficient (Wildman–Crippen LogP) is 2.28. The van der Waals surface area contributed by atoms with Crippen LogP contribution in [0.5, 0.6) is 0 Å². The smallest absolute Gasteiger partial charge is 0.135 e. The van der Waals surface area contributed by atoms with E-state index in [0.29, 0.717) is 6.42 Å². The van der Waals surface area contributed by atoms with Crippen LogP contribution in [0.2, 0.25) is 0 Å². The maximum atomic E-state index is 11.0. The molecule has 0 saturated heterocycles. The van der Waals surface area contributed by atoms with E-state index >= 15 is 0 Å². The van der Waals surface area contributed by atoms with Crippen LogP contribution < -0.4 is 0 Å². The molecule has 0 unspecified atom stereocenters. The third-order valence-electron chi connectivity index (χ3n) is 2.19. The molecule has 0 bridgehead atoms. The van der Waals surface area contributed by atoms with Crippen molar-refractivity contribution in [1.82, 2.24) is 9.78 Å². The third-order valence-corrected chi connectivity index (χ3v) is 3.13. The zero-order valence-corrected chi connectivity index (χ0v) is 9.54. The molecule has 0 radical (unpaired) electrons. The molecule has 78 valence electrons. The van der Waals surface area contributed by atoms with Gasteiger partial charge in [-0.2, -0.15) is 5.10 Å². The lowest BCUT2D eigenvalue weighted by Crippen LogP contribution is -1.93. The van der Waals surface area contributed by atoms with E-state index in [0.717, 1.165) is 16.1 Å². The highest BCUT2D eigenvalue weighted by atomic mass is 32.1. The number of hydrogen-bond acceptors (Lipinski definition) is 3. The zero-order chi connectivity index (χ0) is 10.8. The quantitative estimate of drug-likeness (QED) is 0.795. The number of Topliss-reactive ketones (excluding diaryl/α,β-unsaturated/α-hetero) is 1. The monoisotopic (exact) mass is 220 g/mol. The first kappa shape index (κ1) is 10.1. The summed E-state index contributed by atoms with van der Waals surface area (Å²) in [5.74, 6) is 0.202. The summed E-state index contributed by atoms with van der Waals surface area (Å²) in [5.41, 5.74) is 2.22. The number of carbonyl (C=O) groups is 1. The van der Waals surface area contributed by atoms with Crippen LogP contribution in [0.15, 0.2) is 23.7 Å². The van der Waals surface area contributed by atoms with E-state index < -0.39 is 0 Å². The summed E-state index contributed by atoms with van der Waals surface area (Å²) >= 11 is 1.62. The first-order chi connectivity index (χ1) is 7.16. The Morgan fingerprint density at radius 2 is 2.40 bits per heavy atom. The number of hydrogen-bond donors (Lipinski definition) is 0. The molecule has 2 aromatic heterocycles. The van der Waals surface area contributed by atoms with Crippen molar-refractivity contribution in [3.05, 3.63) is 28.6 Å². The van der Waals surface area contributed by atoms with Gasteiger partial charge in [-0.15, -0.1) is 11.3 Å². The van der Waals surface area contributed by atoms with Crippen LogP contribution in [-0.4, -0.2) is 15.6 Å². The van der Waals surface area contributed by atoms with Gasteiger partial charge >= 0.3 is 0 Å². The standard InChI is InChI=1S/C11H12N2OS/c1-8(14)5-10-6-9(7-15-10)11-3-4-12-13(11)2/h3-4,6-7H,5H2,1-2H3. The number of ketones is 1. The molecule has 2 aromatic rings. The van der Waals surface area contributed by atoms with Crippen molar-refractivity contribution in [2.45, 2.75) is 13.3 Å². The van der Waals surface area contributed by atoms with E-state index in [1.807, 2.05) is 17.8 Å². The van der Waals surface area contributed by atoms with E-state index in [2.05, 4.69) is 16.5 Å². The van der Waals surface area contributed by atoms with Gasteiger partial charge in [0.15, 0.2) is 0 Å². The van der Waals surface area contributed by atoms with Crippen molar-refractivity contribution in [1.29, 1.82) is 0 Å². The second kappa shape index (κ2) is 3.98. The molecule has 4 heteroatoms. The molecule has 15 heavy (non-hydrogen) atoms. The summed E-state index contributed by atoms with van der Waals surface area (Å²) in [7, 11) is 1.91. The average Bonchev–Trinajstić information content (AvgIpc) is 2.72. The summed E-state index contributed by atoms with van der Waals surface area (Å²) in [6.07, 6.45) is 2.31. The fraction of sp³-hybridized carbons (Fsp3) is 0.273. The van der Waals surface area contributed by atoms with Crippen LogP contribution >= 0.6 is 11.3 Å². The van der Waals surface area contributed by atoms with Gasteiger partial charge in [0, 0.05) is 35.5 Å². The number of carbonyl (C=O) groups excluding carboxylic acids is 1. The first-order valence-corrected chi connectivity index (χ1v) is 5.60. The molecule has 2 rings (SSSR count). The topological polar surface area (TPSA) is 34.9 Å². The lowest BCUT2D eigenvalue weighted by atomic mass is 10.2. The van der Waals surface area contributed by atoms with Gasteiger partial charge in [0.25, 0.3) is 0 Å². The second-order valence-electron chi connectivity index (χ2n) is 3.52. The summed E-state index contributed by atoms with van der Waals surface area (Å²) in [6, 6.07) is 4.03. The largest absolute Gasteiger partial charge is 0.300 e. The lowest BCUT2D eigenvalue weighted by molar-refractivity contribution is -0.116. The van der Waals surface area contributed by atoms with Crippen molar-refractivity contribution in [3.8, 4) is 11.3 Å². The van der Waals surface area contributed by atoms with E-state index in [1.54, 1.807) is 24.5 Å². The Bertz CT molecular complexity index is 484. The Kier molecular flexibility index (Phi) is 2.68. The van der Waals surface area contributed by atoms with Crippen LogP contribution in [-0.2, 0) is 18.3 Å². The Morgan fingerprint density at radius 3 is 3.00 bits per heavy atom. The van der Waals surface area contributed by atoms with Gasteiger partial charge in [-0.25, -0.2) is 0 Å². The minimum atomic E-state index is 0.202. The molecule has 0 aromatic carbocycles. The fourth-order valence-electron chi connectivity index (χ4n) is 1.51. The van der Waals surface area contributed by atoms with Crippen LogP contribution in [0.3, 0.4) is 0 Å². The summed E-state index contributed by atoms with van der Waals surface area (Å²) in [6.45, 7) is 1.61. The van der Waals surface area contributed by atoms with E-state index in [1.165, 1.54) is 0 Å². The number of nitrogens with zero attached hydrogens (tertiary/aromatic N) is 2. The number of thiophene rings is 1. The minimum Gasteiger partial charge on any atom is -0.300 e. The van der Waals surface area contributed by atoms with Crippen LogP contribution in [0, 0.1) is 0 Å². The number of aromatic nitrogens is 2. The van der Waals surface area contributed by atoms with Crippen LogP contribution in [0.25, 0.3) is 11.3 Å². The molecule has 0 N–H and O–H groups in total. The zero-order valence-electron chi connectivity index (χ0n) is 8.73. The van der Waals surface area contributed by atoms with Gasteiger partial charge < -0.3 is 0 Å². The highest BCUT2D eigenvalue weighted by molar-refractivity contribution is 7.10.